The van der Waals surface area contributed by atoms with Crippen LogP contribution < -0.4 is 15.5 Å². The zero-order chi connectivity index (χ0) is 15.5. The summed E-state index contributed by atoms with van der Waals surface area (Å²) in [5, 5.41) is 6.10. The molecule has 0 radical (unpaired) electrons. The Morgan fingerprint density at radius 3 is 2.86 bits per heavy atom. The average Bonchev–Trinajstić information content (AvgIpc) is 3.15. The number of amides is 3. The molecule has 1 atom stereocenters. The van der Waals surface area contributed by atoms with E-state index in [1.807, 2.05) is 31.3 Å². The topological polar surface area (TPSA) is 75.5 Å². The molecule has 22 heavy (non-hydrogen) atoms. The van der Waals surface area contributed by atoms with Gasteiger partial charge in [0.2, 0.25) is 0 Å². The summed E-state index contributed by atoms with van der Waals surface area (Å²) in [4.78, 5) is 28.9. The third kappa shape index (κ3) is 4.02. The second-order valence-electron chi connectivity index (χ2n) is 5.68. The minimum Gasteiger partial charge on any atom is -0.335 e. The SMILES string of the molecule is C[NH+](CC(=O)NC(=O)NC1CC1)Cc1nc2ccccc2s1. The number of thiazole rings is 1. The maximum absolute atomic E-state index is 11.8. The number of likely N-dealkylation sites (N-methyl/N-ethyl adjacent to an activating group) is 1. The van der Waals surface area contributed by atoms with Crippen LogP contribution in [0.25, 0.3) is 10.2 Å². The number of imide groups is 1. The molecule has 1 aromatic heterocycles. The van der Waals surface area contributed by atoms with E-state index in [9.17, 15) is 9.59 Å². The van der Waals surface area contributed by atoms with Crippen LogP contribution in [0, 0.1) is 0 Å². The molecule has 1 fully saturated rings. The van der Waals surface area contributed by atoms with Gasteiger partial charge in [-0.3, -0.25) is 10.1 Å². The van der Waals surface area contributed by atoms with Crippen molar-refractivity contribution in [2.75, 3.05) is 13.6 Å². The highest BCUT2D eigenvalue weighted by molar-refractivity contribution is 7.18. The van der Waals surface area contributed by atoms with Crippen molar-refractivity contribution in [2.45, 2.75) is 25.4 Å². The Morgan fingerprint density at radius 1 is 1.36 bits per heavy atom. The molecule has 7 heteroatoms. The van der Waals surface area contributed by atoms with Crippen molar-refractivity contribution in [3.8, 4) is 0 Å². The molecule has 0 saturated heterocycles. The van der Waals surface area contributed by atoms with Crippen LogP contribution in [0.4, 0.5) is 4.79 Å². The standard InChI is InChI=1S/C15H18N4O2S/c1-19(8-13(20)18-15(21)16-10-6-7-10)9-14-17-11-4-2-3-5-12(11)22-14/h2-5,10H,6-9H2,1H3,(H2,16,18,20,21)/p+1. The number of nitrogens with one attached hydrogen (secondary N) is 3. The van der Waals surface area contributed by atoms with Gasteiger partial charge in [0, 0.05) is 6.04 Å². The monoisotopic (exact) mass is 319 g/mol. The van der Waals surface area contributed by atoms with Crippen molar-refractivity contribution in [1.82, 2.24) is 15.6 Å². The van der Waals surface area contributed by atoms with Crippen molar-refractivity contribution in [1.29, 1.82) is 0 Å². The first-order valence-corrected chi connectivity index (χ1v) is 8.18. The second kappa shape index (κ2) is 6.41. The highest BCUT2D eigenvalue weighted by atomic mass is 32.1. The zero-order valence-corrected chi connectivity index (χ0v) is 13.2. The van der Waals surface area contributed by atoms with Crippen LogP contribution in [0.1, 0.15) is 17.8 Å². The molecular formula is C15H19N4O2S+. The normalized spacial score (nSPS) is 15.5. The smallest absolute Gasteiger partial charge is 0.321 e. The van der Waals surface area contributed by atoms with Gasteiger partial charge in [-0.1, -0.05) is 12.1 Å². The molecule has 3 amide bonds. The molecular weight excluding hydrogens is 300 g/mol. The van der Waals surface area contributed by atoms with Crippen molar-refractivity contribution >= 4 is 33.5 Å². The summed E-state index contributed by atoms with van der Waals surface area (Å²) in [6, 6.07) is 7.85. The fourth-order valence-electron chi connectivity index (χ4n) is 2.21. The Hall–Kier alpha value is -1.99. The van der Waals surface area contributed by atoms with E-state index in [4.69, 9.17) is 0 Å². The Bertz CT molecular complexity index is 663. The Balaban J connectivity index is 1.49. The molecule has 116 valence electrons. The van der Waals surface area contributed by atoms with Crippen LogP contribution in [0.3, 0.4) is 0 Å². The first kappa shape index (κ1) is 14.9. The van der Waals surface area contributed by atoms with E-state index in [0.717, 1.165) is 33.0 Å². The van der Waals surface area contributed by atoms with E-state index in [0.29, 0.717) is 6.54 Å². The minimum absolute atomic E-state index is 0.244. The number of aromatic nitrogens is 1. The summed E-state index contributed by atoms with van der Waals surface area (Å²) < 4.78 is 1.15. The summed E-state index contributed by atoms with van der Waals surface area (Å²) in [5.41, 5.74) is 0.989. The summed E-state index contributed by atoms with van der Waals surface area (Å²) in [6.07, 6.45) is 2.01. The fraction of sp³-hybridized carbons (Fsp3) is 0.400. The summed E-state index contributed by atoms with van der Waals surface area (Å²) in [7, 11) is 1.92. The zero-order valence-electron chi connectivity index (χ0n) is 12.4. The number of quaternary nitrogens is 1. The first-order chi connectivity index (χ1) is 10.6. The number of hydrogen-bond acceptors (Lipinski definition) is 4. The maximum atomic E-state index is 11.8. The molecule has 3 N–H and O–H groups in total. The maximum Gasteiger partial charge on any atom is 0.321 e. The molecule has 1 aromatic carbocycles. The van der Waals surface area contributed by atoms with Gasteiger partial charge in [0.15, 0.2) is 6.54 Å². The largest absolute Gasteiger partial charge is 0.335 e. The third-order valence-corrected chi connectivity index (χ3v) is 4.46. The first-order valence-electron chi connectivity index (χ1n) is 7.36. The lowest BCUT2D eigenvalue weighted by Gasteiger charge is -2.12. The van der Waals surface area contributed by atoms with Crippen molar-refractivity contribution in [2.24, 2.45) is 0 Å². The number of fused-ring (bicyclic) bond motifs is 1. The number of carbonyl (C=O) groups is 2. The Morgan fingerprint density at radius 2 is 2.14 bits per heavy atom. The summed E-state index contributed by atoms with van der Waals surface area (Å²) >= 11 is 1.64. The van der Waals surface area contributed by atoms with Gasteiger partial charge < -0.3 is 10.2 Å². The van der Waals surface area contributed by atoms with Gasteiger partial charge in [-0.05, 0) is 25.0 Å². The van der Waals surface area contributed by atoms with Gasteiger partial charge in [-0.15, -0.1) is 11.3 Å². The number of nitrogens with zero attached hydrogens (tertiary/aromatic N) is 1. The van der Waals surface area contributed by atoms with Gasteiger partial charge in [0.25, 0.3) is 5.91 Å². The predicted molar refractivity (Wildman–Crippen MR) is 84.8 cm³/mol. The third-order valence-electron chi connectivity index (χ3n) is 3.42. The number of hydrogen-bond donors (Lipinski definition) is 3. The van der Waals surface area contributed by atoms with E-state index in [1.165, 1.54) is 0 Å². The van der Waals surface area contributed by atoms with Crippen LogP contribution in [-0.2, 0) is 11.3 Å². The molecule has 2 aromatic rings. The summed E-state index contributed by atoms with van der Waals surface area (Å²) in [5.74, 6) is -0.267. The van der Waals surface area contributed by atoms with Gasteiger partial charge in [-0.2, -0.15) is 0 Å². The molecule has 0 aliphatic heterocycles. The van der Waals surface area contributed by atoms with Crippen molar-refractivity contribution in [3.05, 3.63) is 29.3 Å². The molecule has 0 bridgehead atoms. The average molecular weight is 319 g/mol. The van der Waals surface area contributed by atoms with Crippen LogP contribution in [0.2, 0.25) is 0 Å². The van der Waals surface area contributed by atoms with Crippen LogP contribution in [0.5, 0.6) is 0 Å². The van der Waals surface area contributed by atoms with E-state index in [1.54, 1.807) is 11.3 Å². The van der Waals surface area contributed by atoms with Crippen LogP contribution in [0.15, 0.2) is 24.3 Å². The molecule has 3 rings (SSSR count). The lowest BCUT2D eigenvalue weighted by atomic mass is 10.3. The van der Waals surface area contributed by atoms with Crippen LogP contribution in [-0.4, -0.2) is 36.6 Å². The van der Waals surface area contributed by atoms with E-state index in [-0.39, 0.29) is 24.5 Å². The number of carbonyl (C=O) groups excluding carboxylic acids is 2. The van der Waals surface area contributed by atoms with Crippen molar-refractivity contribution < 1.29 is 14.5 Å². The number of urea groups is 1. The van der Waals surface area contributed by atoms with Gasteiger partial charge in [0.1, 0.15) is 11.6 Å². The molecule has 1 saturated carbocycles. The highest BCUT2D eigenvalue weighted by Crippen LogP contribution is 2.20. The Kier molecular flexibility index (Phi) is 4.35. The number of rotatable bonds is 5. The van der Waals surface area contributed by atoms with Gasteiger partial charge in [0.05, 0.1) is 17.3 Å². The summed E-state index contributed by atoms with van der Waals surface area (Å²) in [6.45, 7) is 0.908. The fourth-order valence-corrected chi connectivity index (χ4v) is 3.29. The van der Waals surface area contributed by atoms with Crippen molar-refractivity contribution in [3.63, 3.8) is 0 Å². The lowest BCUT2D eigenvalue weighted by molar-refractivity contribution is -0.885. The quantitative estimate of drug-likeness (QED) is 0.742. The highest BCUT2D eigenvalue weighted by Gasteiger charge is 2.24. The lowest BCUT2D eigenvalue weighted by Crippen LogP contribution is -3.09. The number of para-hydroxylation sites is 1. The van der Waals surface area contributed by atoms with E-state index < -0.39 is 0 Å². The van der Waals surface area contributed by atoms with Gasteiger partial charge >= 0.3 is 6.03 Å². The van der Waals surface area contributed by atoms with E-state index in [2.05, 4.69) is 15.6 Å². The van der Waals surface area contributed by atoms with Gasteiger partial charge in [-0.25, -0.2) is 9.78 Å². The molecule has 1 aliphatic rings. The molecule has 1 aliphatic carbocycles. The minimum atomic E-state index is -0.389. The van der Waals surface area contributed by atoms with Crippen LogP contribution >= 0.6 is 11.3 Å². The molecule has 6 nitrogen and oxygen atoms in total. The second-order valence-corrected chi connectivity index (χ2v) is 6.80. The predicted octanol–water partition coefficient (Wildman–Crippen LogP) is 0.299. The molecule has 1 heterocycles. The molecule has 1 unspecified atom stereocenters. The van der Waals surface area contributed by atoms with E-state index >= 15 is 0 Å². The molecule has 0 spiro atoms. The Labute approximate surface area is 132 Å². The number of benzene rings is 1.